The maximum absolute atomic E-state index is 5.80. The average Bonchev–Trinajstić information content (AvgIpc) is 2.15. The molecule has 0 aromatic rings. The van der Waals surface area contributed by atoms with Crippen molar-refractivity contribution in [1.29, 1.82) is 0 Å². The Hall–Kier alpha value is -0.120. The number of hydrogen-bond donors (Lipinski definition) is 1. The van der Waals surface area contributed by atoms with Crippen LogP contribution < -0.4 is 5.73 Å². The van der Waals surface area contributed by atoms with E-state index in [4.69, 9.17) is 15.2 Å². The summed E-state index contributed by atoms with van der Waals surface area (Å²) in [5, 5.41) is 0. The van der Waals surface area contributed by atoms with Crippen LogP contribution in [0, 0.1) is 0 Å². The van der Waals surface area contributed by atoms with E-state index in [-0.39, 0.29) is 0 Å². The third-order valence-electron chi connectivity index (χ3n) is 2.57. The summed E-state index contributed by atoms with van der Waals surface area (Å²) in [4.78, 5) is 0. The number of nitrogens with two attached hydrogens (primary N) is 1. The topological polar surface area (TPSA) is 44.5 Å². The van der Waals surface area contributed by atoms with Gasteiger partial charge in [0.25, 0.3) is 0 Å². The summed E-state index contributed by atoms with van der Waals surface area (Å²) >= 11 is 0. The third-order valence-corrected chi connectivity index (χ3v) is 2.57. The highest BCUT2D eigenvalue weighted by Gasteiger charge is 2.18. The summed E-state index contributed by atoms with van der Waals surface area (Å²) in [5.74, 6) is 0. The van der Waals surface area contributed by atoms with Crippen LogP contribution in [0.5, 0.6) is 0 Å². The van der Waals surface area contributed by atoms with Crippen molar-refractivity contribution in [2.75, 3.05) is 20.3 Å². The van der Waals surface area contributed by atoms with E-state index in [1.54, 1.807) is 7.11 Å². The second-order valence-corrected chi connectivity index (χ2v) is 3.75. The largest absolute Gasteiger partial charge is 0.385 e. The Morgan fingerprint density at radius 2 is 1.85 bits per heavy atom. The van der Waals surface area contributed by atoms with E-state index in [2.05, 4.69) is 0 Å². The molecule has 13 heavy (non-hydrogen) atoms. The average molecular weight is 187 g/mol. The van der Waals surface area contributed by atoms with Crippen LogP contribution in [-0.2, 0) is 9.47 Å². The van der Waals surface area contributed by atoms with E-state index < -0.39 is 0 Å². The maximum Gasteiger partial charge on any atom is 0.0576 e. The van der Waals surface area contributed by atoms with Crippen molar-refractivity contribution < 1.29 is 9.47 Å². The predicted octanol–water partition coefficient (Wildman–Crippen LogP) is 1.31. The van der Waals surface area contributed by atoms with E-state index in [1.807, 2.05) is 0 Å². The highest BCUT2D eigenvalue weighted by molar-refractivity contribution is 4.74. The number of hydrogen-bond acceptors (Lipinski definition) is 3. The first-order valence-corrected chi connectivity index (χ1v) is 5.19. The van der Waals surface area contributed by atoms with Gasteiger partial charge in [0.1, 0.15) is 0 Å². The molecule has 78 valence electrons. The monoisotopic (exact) mass is 187 g/mol. The van der Waals surface area contributed by atoms with Crippen molar-refractivity contribution >= 4 is 0 Å². The summed E-state index contributed by atoms with van der Waals surface area (Å²) in [5.41, 5.74) is 5.80. The second kappa shape index (κ2) is 6.35. The predicted molar refractivity (Wildman–Crippen MR) is 52.7 cm³/mol. The zero-order valence-corrected chi connectivity index (χ0v) is 8.50. The number of ether oxygens (including phenoxy) is 2. The SMILES string of the molecule is COCCCO[C@H]1CC[C@H](N)CC1. The molecular weight excluding hydrogens is 166 g/mol. The van der Waals surface area contributed by atoms with Crippen molar-refractivity contribution in [3.63, 3.8) is 0 Å². The molecule has 0 saturated heterocycles. The fourth-order valence-corrected chi connectivity index (χ4v) is 1.71. The molecule has 3 nitrogen and oxygen atoms in total. The second-order valence-electron chi connectivity index (χ2n) is 3.75. The summed E-state index contributed by atoms with van der Waals surface area (Å²) in [6, 6.07) is 0.416. The molecule has 0 radical (unpaired) electrons. The molecule has 0 bridgehead atoms. The van der Waals surface area contributed by atoms with Crippen LogP contribution in [-0.4, -0.2) is 32.5 Å². The van der Waals surface area contributed by atoms with Crippen molar-refractivity contribution in [2.24, 2.45) is 5.73 Å². The fraction of sp³-hybridized carbons (Fsp3) is 1.00. The summed E-state index contributed by atoms with van der Waals surface area (Å²) in [7, 11) is 1.72. The van der Waals surface area contributed by atoms with Crippen molar-refractivity contribution in [2.45, 2.75) is 44.2 Å². The zero-order chi connectivity index (χ0) is 9.52. The smallest absolute Gasteiger partial charge is 0.0576 e. The molecular formula is C10H21NO2. The third kappa shape index (κ3) is 4.60. The van der Waals surface area contributed by atoms with Gasteiger partial charge < -0.3 is 15.2 Å². The van der Waals surface area contributed by atoms with Gasteiger partial charge in [0, 0.05) is 26.4 Å². The molecule has 1 rings (SSSR count). The van der Waals surface area contributed by atoms with E-state index in [0.29, 0.717) is 12.1 Å². The van der Waals surface area contributed by atoms with Crippen molar-refractivity contribution in [1.82, 2.24) is 0 Å². The summed E-state index contributed by atoms with van der Waals surface area (Å²) in [6.07, 6.45) is 5.96. The van der Waals surface area contributed by atoms with Gasteiger partial charge in [-0.1, -0.05) is 0 Å². The Morgan fingerprint density at radius 3 is 2.46 bits per heavy atom. The first kappa shape index (κ1) is 11.0. The number of methoxy groups -OCH3 is 1. The summed E-state index contributed by atoms with van der Waals surface area (Å²) < 4.78 is 10.6. The molecule has 1 fully saturated rings. The Morgan fingerprint density at radius 1 is 1.15 bits per heavy atom. The minimum atomic E-state index is 0.416. The van der Waals surface area contributed by atoms with Gasteiger partial charge in [-0.15, -0.1) is 0 Å². The molecule has 1 aliphatic carbocycles. The van der Waals surface area contributed by atoms with Gasteiger partial charge in [0.05, 0.1) is 6.10 Å². The van der Waals surface area contributed by atoms with Gasteiger partial charge in [0.2, 0.25) is 0 Å². The van der Waals surface area contributed by atoms with Crippen LogP contribution in [0.3, 0.4) is 0 Å². The summed E-state index contributed by atoms with van der Waals surface area (Å²) in [6.45, 7) is 1.62. The highest BCUT2D eigenvalue weighted by Crippen LogP contribution is 2.19. The first-order chi connectivity index (χ1) is 6.33. The molecule has 0 unspecified atom stereocenters. The molecule has 1 saturated carbocycles. The minimum absolute atomic E-state index is 0.416. The van der Waals surface area contributed by atoms with Crippen molar-refractivity contribution in [3.05, 3.63) is 0 Å². The lowest BCUT2D eigenvalue weighted by atomic mass is 9.94. The first-order valence-electron chi connectivity index (χ1n) is 5.19. The Bertz CT molecular complexity index is 122. The van der Waals surface area contributed by atoms with E-state index >= 15 is 0 Å². The Kier molecular flexibility index (Phi) is 5.35. The van der Waals surface area contributed by atoms with Crippen LogP contribution in [0.15, 0.2) is 0 Å². The molecule has 3 heteroatoms. The van der Waals surface area contributed by atoms with E-state index in [9.17, 15) is 0 Å². The van der Waals surface area contributed by atoms with Crippen molar-refractivity contribution in [3.8, 4) is 0 Å². The number of rotatable bonds is 5. The van der Waals surface area contributed by atoms with Crippen LogP contribution in [0.4, 0.5) is 0 Å². The molecule has 0 aromatic carbocycles. The Labute approximate surface area is 80.6 Å². The van der Waals surface area contributed by atoms with E-state index in [0.717, 1.165) is 45.3 Å². The lowest BCUT2D eigenvalue weighted by molar-refractivity contribution is 0.0154. The fourth-order valence-electron chi connectivity index (χ4n) is 1.71. The molecule has 2 N–H and O–H groups in total. The van der Waals surface area contributed by atoms with Gasteiger partial charge in [-0.3, -0.25) is 0 Å². The highest BCUT2D eigenvalue weighted by atomic mass is 16.5. The van der Waals surface area contributed by atoms with Gasteiger partial charge in [-0.25, -0.2) is 0 Å². The Balaban J connectivity index is 1.96. The molecule has 0 atom stereocenters. The normalized spacial score (nSPS) is 29.1. The van der Waals surface area contributed by atoms with Gasteiger partial charge >= 0.3 is 0 Å². The van der Waals surface area contributed by atoms with Crippen LogP contribution >= 0.6 is 0 Å². The zero-order valence-electron chi connectivity index (χ0n) is 8.50. The molecule has 0 amide bonds. The van der Waals surface area contributed by atoms with Gasteiger partial charge in [-0.05, 0) is 32.1 Å². The molecule has 0 spiro atoms. The molecule has 1 aliphatic rings. The molecule has 0 aromatic heterocycles. The minimum Gasteiger partial charge on any atom is -0.385 e. The van der Waals surface area contributed by atoms with E-state index in [1.165, 1.54) is 0 Å². The quantitative estimate of drug-likeness (QED) is 0.660. The van der Waals surface area contributed by atoms with Gasteiger partial charge in [0.15, 0.2) is 0 Å². The van der Waals surface area contributed by atoms with Gasteiger partial charge in [-0.2, -0.15) is 0 Å². The van der Waals surface area contributed by atoms with Crippen LogP contribution in [0.2, 0.25) is 0 Å². The molecule has 0 heterocycles. The lowest BCUT2D eigenvalue weighted by Gasteiger charge is -2.26. The van der Waals surface area contributed by atoms with Crippen LogP contribution in [0.25, 0.3) is 0 Å². The lowest BCUT2D eigenvalue weighted by Crippen LogP contribution is -2.30. The standard InChI is InChI=1S/C10H21NO2/c1-12-7-2-8-13-10-5-3-9(11)4-6-10/h9-10H,2-8,11H2,1H3/t9-,10-. The van der Waals surface area contributed by atoms with Crippen LogP contribution in [0.1, 0.15) is 32.1 Å². The maximum atomic E-state index is 5.80. The molecule has 0 aliphatic heterocycles.